The molecule has 3 rings (SSSR count). The van der Waals surface area contributed by atoms with Crippen LogP contribution in [0.2, 0.25) is 0 Å². The Labute approximate surface area is 136 Å². The minimum absolute atomic E-state index is 0.121. The number of amides is 3. The van der Waals surface area contributed by atoms with Crippen molar-refractivity contribution in [1.82, 2.24) is 9.80 Å². The molecule has 128 valence electrons. The number of hydrogen-bond acceptors (Lipinski definition) is 4. The van der Waals surface area contributed by atoms with Gasteiger partial charge in [0.1, 0.15) is 6.61 Å². The first-order valence-corrected chi connectivity index (χ1v) is 7.30. The molecule has 24 heavy (non-hydrogen) atoms. The minimum Gasteiger partial charge on any atom is -0.447 e. The number of benzene rings is 1. The first-order valence-electron chi connectivity index (χ1n) is 7.30. The van der Waals surface area contributed by atoms with Crippen LogP contribution in [0.4, 0.5) is 19.3 Å². The summed E-state index contributed by atoms with van der Waals surface area (Å²) in [7, 11) is 0. The van der Waals surface area contributed by atoms with E-state index in [-0.39, 0.29) is 26.2 Å². The van der Waals surface area contributed by atoms with Crippen LogP contribution in [0.1, 0.15) is 6.92 Å². The van der Waals surface area contributed by atoms with Crippen molar-refractivity contribution < 1.29 is 27.9 Å². The number of piperazine rings is 1. The molecule has 0 bridgehead atoms. The number of nitrogens with zero attached hydrogens (tertiary/aromatic N) is 2. The molecule has 0 radical (unpaired) electrons. The van der Waals surface area contributed by atoms with Crippen molar-refractivity contribution in [2.45, 2.75) is 12.5 Å². The molecule has 1 atom stereocenters. The van der Waals surface area contributed by atoms with Gasteiger partial charge in [-0.1, -0.05) is 6.07 Å². The highest BCUT2D eigenvalue weighted by Gasteiger charge is 2.48. The first kappa shape index (κ1) is 16.2. The molecule has 3 amide bonds. The van der Waals surface area contributed by atoms with Crippen LogP contribution in [-0.4, -0.2) is 59.5 Å². The average Bonchev–Trinajstić information content (AvgIpc) is 2.85. The van der Waals surface area contributed by atoms with Gasteiger partial charge in [-0.25, -0.2) is 13.6 Å². The largest absolute Gasteiger partial charge is 0.447 e. The SMILES string of the molecule is CC12COC(=O)N1CCN(C(=O)C(=O)Nc1cccc(F)c1F)C2. The molecule has 1 aromatic carbocycles. The highest BCUT2D eigenvalue weighted by atomic mass is 19.2. The predicted molar refractivity (Wildman–Crippen MR) is 78.0 cm³/mol. The average molecular weight is 339 g/mol. The van der Waals surface area contributed by atoms with Crippen molar-refractivity contribution in [3.63, 3.8) is 0 Å². The molecule has 1 unspecified atom stereocenters. The first-order chi connectivity index (χ1) is 11.3. The smallest absolute Gasteiger partial charge is 0.410 e. The number of cyclic esters (lactones) is 1. The predicted octanol–water partition coefficient (Wildman–Crippen LogP) is 0.956. The van der Waals surface area contributed by atoms with Gasteiger partial charge in [-0.3, -0.25) is 14.5 Å². The molecule has 2 aliphatic rings. The van der Waals surface area contributed by atoms with Crippen LogP contribution in [-0.2, 0) is 14.3 Å². The van der Waals surface area contributed by atoms with E-state index in [9.17, 15) is 23.2 Å². The zero-order chi connectivity index (χ0) is 17.5. The van der Waals surface area contributed by atoms with Gasteiger partial charge in [-0.15, -0.1) is 0 Å². The van der Waals surface area contributed by atoms with Gasteiger partial charge in [-0.05, 0) is 19.1 Å². The topological polar surface area (TPSA) is 79.0 Å². The zero-order valence-electron chi connectivity index (χ0n) is 12.8. The van der Waals surface area contributed by atoms with E-state index in [0.29, 0.717) is 0 Å². The highest BCUT2D eigenvalue weighted by molar-refractivity contribution is 6.39. The zero-order valence-corrected chi connectivity index (χ0v) is 12.8. The molecule has 2 heterocycles. The molecule has 0 spiro atoms. The summed E-state index contributed by atoms with van der Waals surface area (Å²) >= 11 is 0. The van der Waals surface area contributed by atoms with Crippen molar-refractivity contribution >= 4 is 23.6 Å². The monoisotopic (exact) mass is 339 g/mol. The summed E-state index contributed by atoms with van der Waals surface area (Å²) in [5, 5.41) is 2.07. The van der Waals surface area contributed by atoms with E-state index in [4.69, 9.17) is 4.74 Å². The highest BCUT2D eigenvalue weighted by Crippen LogP contribution is 2.28. The van der Waals surface area contributed by atoms with E-state index < -0.39 is 40.8 Å². The number of hydrogen-bond donors (Lipinski definition) is 1. The fourth-order valence-electron chi connectivity index (χ4n) is 2.89. The van der Waals surface area contributed by atoms with Crippen LogP contribution in [0.25, 0.3) is 0 Å². The fourth-order valence-corrected chi connectivity index (χ4v) is 2.89. The van der Waals surface area contributed by atoms with Gasteiger partial charge in [0.05, 0.1) is 11.2 Å². The summed E-state index contributed by atoms with van der Waals surface area (Å²) in [5.74, 6) is -4.30. The number of carbonyl (C=O) groups excluding carboxylic acids is 3. The van der Waals surface area contributed by atoms with Crippen LogP contribution >= 0.6 is 0 Å². The lowest BCUT2D eigenvalue weighted by atomic mass is 9.99. The van der Waals surface area contributed by atoms with Gasteiger partial charge in [0.25, 0.3) is 0 Å². The van der Waals surface area contributed by atoms with Crippen molar-refractivity contribution in [1.29, 1.82) is 0 Å². The number of rotatable bonds is 1. The third-order valence-electron chi connectivity index (χ3n) is 4.18. The van der Waals surface area contributed by atoms with Crippen LogP contribution in [0.3, 0.4) is 0 Å². The van der Waals surface area contributed by atoms with E-state index >= 15 is 0 Å². The molecule has 0 saturated carbocycles. The quantitative estimate of drug-likeness (QED) is 0.773. The Morgan fingerprint density at radius 2 is 2.04 bits per heavy atom. The van der Waals surface area contributed by atoms with E-state index in [1.165, 1.54) is 15.9 Å². The van der Waals surface area contributed by atoms with E-state index in [0.717, 1.165) is 12.1 Å². The lowest BCUT2D eigenvalue weighted by Gasteiger charge is -2.42. The molecule has 2 saturated heterocycles. The third-order valence-corrected chi connectivity index (χ3v) is 4.18. The minimum atomic E-state index is -1.23. The normalized spacial score (nSPS) is 22.9. The van der Waals surface area contributed by atoms with Gasteiger partial charge in [0.2, 0.25) is 0 Å². The van der Waals surface area contributed by atoms with Crippen molar-refractivity contribution in [3.8, 4) is 0 Å². The van der Waals surface area contributed by atoms with Crippen LogP contribution in [0, 0.1) is 11.6 Å². The Morgan fingerprint density at radius 3 is 2.79 bits per heavy atom. The van der Waals surface area contributed by atoms with Gasteiger partial charge in [0, 0.05) is 19.6 Å². The lowest BCUT2D eigenvalue weighted by molar-refractivity contribution is -0.145. The van der Waals surface area contributed by atoms with Crippen LogP contribution in [0.5, 0.6) is 0 Å². The van der Waals surface area contributed by atoms with Gasteiger partial charge >= 0.3 is 17.9 Å². The number of anilines is 1. The summed E-state index contributed by atoms with van der Waals surface area (Å²) in [5.41, 5.74) is -1.10. The maximum Gasteiger partial charge on any atom is 0.410 e. The molecular weight excluding hydrogens is 324 g/mol. The number of fused-ring (bicyclic) bond motifs is 1. The number of carbonyl (C=O) groups is 3. The molecule has 2 aliphatic heterocycles. The molecule has 0 aliphatic carbocycles. The Balaban J connectivity index is 1.69. The summed E-state index contributed by atoms with van der Waals surface area (Å²) < 4.78 is 31.7. The van der Waals surface area contributed by atoms with Crippen molar-refractivity contribution in [3.05, 3.63) is 29.8 Å². The van der Waals surface area contributed by atoms with E-state index in [1.807, 2.05) is 0 Å². The maximum atomic E-state index is 13.6. The maximum absolute atomic E-state index is 13.6. The lowest BCUT2D eigenvalue weighted by Crippen LogP contribution is -2.62. The summed E-state index contributed by atoms with van der Waals surface area (Å²) in [6.07, 6.45) is -0.448. The standard InChI is InChI=1S/C15H15F2N3O4/c1-15-7-19(5-6-20(15)14(23)24-8-15)13(22)12(21)18-10-4-2-3-9(16)11(10)17/h2-4H,5-8H2,1H3,(H,18,21). The fraction of sp³-hybridized carbons (Fsp3) is 0.400. The van der Waals surface area contributed by atoms with Crippen LogP contribution in [0.15, 0.2) is 18.2 Å². The molecule has 9 heteroatoms. The second-order valence-corrected chi connectivity index (χ2v) is 5.99. The van der Waals surface area contributed by atoms with Crippen molar-refractivity contribution in [2.24, 2.45) is 0 Å². The molecule has 1 aromatic rings. The second-order valence-electron chi connectivity index (χ2n) is 5.99. The van der Waals surface area contributed by atoms with Crippen molar-refractivity contribution in [2.75, 3.05) is 31.6 Å². The summed E-state index contributed by atoms with van der Waals surface area (Å²) in [4.78, 5) is 38.7. The molecule has 7 nitrogen and oxygen atoms in total. The molecule has 2 fully saturated rings. The third kappa shape index (κ3) is 2.66. The van der Waals surface area contributed by atoms with E-state index in [1.54, 1.807) is 6.92 Å². The van der Waals surface area contributed by atoms with Crippen LogP contribution < -0.4 is 5.32 Å². The Hall–Kier alpha value is -2.71. The molecule has 1 N–H and O–H groups in total. The van der Waals surface area contributed by atoms with Gasteiger partial charge in [0.15, 0.2) is 11.6 Å². The Morgan fingerprint density at radius 1 is 1.29 bits per heavy atom. The second kappa shape index (κ2) is 5.73. The Kier molecular flexibility index (Phi) is 3.86. The van der Waals surface area contributed by atoms with E-state index in [2.05, 4.69) is 5.32 Å². The Bertz CT molecular complexity index is 727. The van der Waals surface area contributed by atoms with Gasteiger partial charge < -0.3 is 15.0 Å². The van der Waals surface area contributed by atoms with Gasteiger partial charge in [-0.2, -0.15) is 0 Å². The number of nitrogens with one attached hydrogen (secondary N) is 1. The number of ether oxygens (including phenoxy) is 1. The summed E-state index contributed by atoms with van der Waals surface area (Å²) in [6, 6.07) is 3.29. The number of halogens is 2. The molecule has 0 aromatic heterocycles. The summed E-state index contributed by atoms with van der Waals surface area (Å²) in [6.45, 7) is 2.39. The molecular formula is C15H15F2N3O4.